The molecule has 134 valence electrons. The van der Waals surface area contributed by atoms with Crippen LogP contribution in [-0.4, -0.2) is 39.7 Å². The van der Waals surface area contributed by atoms with Gasteiger partial charge in [0, 0.05) is 20.1 Å². The van der Waals surface area contributed by atoms with Gasteiger partial charge in [-0.3, -0.25) is 14.2 Å². The Bertz CT molecular complexity index is 825. The first-order chi connectivity index (χ1) is 12.0. The minimum Gasteiger partial charge on any atom is -0.348 e. The molecule has 0 spiro atoms. The molecule has 0 N–H and O–H groups in total. The first kappa shape index (κ1) is 18.0. The maximum Gasteiger partial charge on any atom is 0.262 e. The lowest BCUT2D eigenvalue weighted by atomic mass is 9.95. The summed E-state index contributed by atoms with van der Waals surface area (Å²) in [5, 5.41) is 1.04. The number of para-hydroxylation sites is 1. The standard InChI is InChI=1S/C19H25N3O2S/c1-13(17(23)21(2)3)25-19-20-16-12-8-7-11-15(16)18(24)22(19)14-9-5-4-6-10-14/h7-8,11-14H,4-6,9-10H2,1-3H3/t13-/m1/s1. The molecule has 0 unspecified atom stereocenters. The van der Waals surface area contributed by atoms with Gasteiger partial charge in [-0.2, -0.15) is 0 Å². The van der Waals surface area contributed by atoms with E-state index in [9.17, 15) is 9.59 Å². The molecule has 25 heavy (non-hydrogen) atoms. The molecular weight excluding hydrogens is 334 g/mol. The summed E-state index contributed by atoms with van der Waals surface area (Å²) in [5.41, 5.74) is 0.719. The summed E-state index contributed by atoms with van der Waals surface area (Å²) in [6.07, 6.45) is 5.51. The van der Waals surface area contributed by atoms with Crippen LogP contribution in [0.1, 0.15) is 45.1 Å². The average molecular weight is 359 g/mol. The van der Waals surface area contributed by atoms with Gasteiger partial charge in [-0.05, 0) is 31.9 Å². The summed E-state index contributed by atoms with van der Waals surface area (Å²) in [6, 6.07) is 7.66. The fourth-order valence-corrected chi connectivity index (χ4v) is 4.57. The van der Waals surface area contributed by atoms with E-state index in [2.05, 4.69) is 0 Å². The van der Waals surface area contributed by atoms with Crippen LogP contribution in [0.25, 0.3) is 10.9 Å². The Morgan fingerprint density at radius 1 is 1.24 bits per heavy atom. The number of carbonyl (C=O) groups is 1. The first-order valence-corrected chi connectivity index (χ1v) is 9.76. The summed E-state index contributed by atoms with van der Waals surface area (Å²) in [6.45, 7) is 1.87. The third-order valence-corrected chi connectivity index (χ3v) is 5.84. The zero-order chi connectivity index (χ0) is 18.0. The van der Waals surface area contributed by atoms with Gasteiger partial charge < -0.3 is 4.90 Å². The maximum absolute atomic E-state index is 13.1. The molecular formula is C19H25N3O2S. The number of nitrogens with zero attached hydrogens (tertiary/aromatic N) is 3. The largest absolute Gasteiger partial charge is 0.348 e. The van der Waals surface area contributed by atoms with Crippen molar-refractivity contribution >= 4 is 28.6 Å². The molecule has 5 nitrogen and oxygen atoms in total. The van der Waals surface area contributed by atoms with Crippen LogP contribution in [-0.2, 0) is 4.79 Å². The maximum atomic E-state index is 13.1. The third-order valence-electron chi connectivity index (χ3n) is 4.79. The molecule has 1 amide bonds. The van der Waals surface area contributed by atoms with E-state index in [4.69, 9.17) is 4.98 Å². The van der Waals surface area contributed by atoms with Crippen molar-refractivity contribution in [2.24, 2.45) is 0 Å². The van der Waals surface area contributed by atoms with Crippen molar-refractivity contribution in [2.75, 3.05) is 14.1 Å². The lowest BCUT2D eigenvalue weighted by molar-refractivity contribution is -0.127. The average Bonchev–Trinajstić information content (AvgIpc) is 2.62. The molecule has 0 bridgehead atoms. The lowest BCUT2D eigenvalue weighted by Crippen LogP contribution is -2.32. The number of rotatable bonds is 4. The number of amides is 1. The minimum absolute atomic E-state index is 0.0181. The highest BCUT2D eigenvalue weighted by Crippen LogP contribution is 2.32. The highest BCUT2D eigenvalue weighted by atomic mass is 32.2. The number of hydrogen-bond acceptors (Lipinski definition) is 4. The fourth-order valence-electron chi connectivity index (χ4n) is 3.44. The highest BCUT2D eigenvalue weighted by molar-refractivity contribution is 8.00. The monoisotopic (exact) mass is 359 g/mol. The van der Waals surface area contributed by atoms with E-state index in [1.54, 1.807) is 19.0 Å². The molecule has 0 aliphatic heterocycles. The molecule has 3 rings (SSSR count). The van der Waals surface area contributed by atoms with Gasteiger partial charge in [-0.1, -0.05) is 43.2 Å². The van der Waals surface area contributed by atoms with Crippen LogP contribution >= 0.6 is 11.8 Å². The molecule has 1 saturated carbocycles. The predicted octanol–water partition coefficient (Wildman–Crippen LogP) is 3.47. The molecule has 1 atom stereocenters. The van der Waals surface area contributed by atoms with Crippen LogP contribution in [0.5, 0.6) is 0 Å². The van der Waals surface area contributed by atoms with Gasteiger partial charge in [0.05, 0.1) is 16.2 Å². The molecule has 1 aliphatic rings. The predicted molar refractivity (Wildman–Crippen MR) is 102 cm³/mol. The van der Waals surface area contributed by atoms with Crippen molar-refractivity contribution in [3.8, 4) is 0 Å². The van der Waals surface area contributed by atoms with Crippen molar-refractivity contribution < 1.29 is 4.79 Å². The molecule has 2 aromatic rings. The Balaban J connectivity index is 2.08. The zero-order valence-corrected chi connectivity index (χ0v) is 15.9. The molecule has 0 radical (unpaired) electrons. The number of fused-ring (bicyclic) bond motifs is 1. The lowest BCUT2D eigenvalue weighted by Gasteiger charge is -2.27. The van der Waals surface area contributed by atoms with Crippen LogP contribution in [0.4, 0.5) is 0 Å². The number of thioether (sulfide) groups is 1. The van der Waals surface area contributed by atoms with E-state index < -0.39 is 0 Å². The quantitative estimate of drug-likeness (QED) is 0.620. The van der Waals surface area contributed by atoms with Crippen molar-refractivity contribution in [3.05, 3.63) is 34.6 Å². The molecule has 1 aliphatic carbocycles. The highest BCUT2D eigenvalue weighted by Gasteiger charge is 2.25. The van der Waals surface area contributed by atoms with E-state index >= 15 is 0 Å². The smallest absolute Gasteiger partial charge is 0.262 e. The van der Waals surface area contributed by atoms with Crippen molar-refractivity contribution in [1.82, 2.24) is 14.5 Å². The van der Waals surface area contributed by atoms with Crippen LogP contribution < -0.4 is 5.56 Å². The van der Waals surface area contributed by atoms with Crippen molar-refractivity contribution in [1.29, 1.82) is 0 Å². The van der Waals surface area contributed by atoms with Gasteiger partial charge in [-0.15, -0.1) is 0 Å². The number of carbonyl (C=O) groups excluding carboxylic acids is 1. The molecule has 0 saturated heterocycles. The Kier molecular flexibility index (Phi) is 5.47. The first-order valence-electron chi connectivity index (χ1n) is 8.88. The van der Waals surface area contributed by atoms with Gasteiger partial charge in [0.2, 0.25) is 5.91 Å². The fraction of sp³-hybridized carbons (Fsp3) is 0.526. The van der Waals surface area contributed by atoms with Crippen molar-refractivity contribution in [2.45, 2.75) is 55.5 Å². The topological polar surface area (TPSA) is 55.2 Å². The van der Waals surface area contributed by atoms with E-state index in [1.165, 1.54) is 18.2 Å². The van der Waals surface area contributed by atoms with Crippen LogP contribution in [0.3, 0.4) is 0 Å². The SMILES string of the molecule is C[C@@H](Sc1nc2ccccc2c(=O)n1C1CCCCC1)C(=O)N(C)C. The summed E-state index contributed by atoms with van der Waals surface area (Å²) in [5.74, 6) is 0.0302. The van der Waals surface area contributed by atoms with Crippen LogP contribution in [0.2, 0.25) is 0 Å². The molecule has 1 heterocycles. The van der Waals surface area contributed by atoms with E-state index in [1.807, 2.05) is 35.8 Å². The van der Waals surface area contributed by atoms with Crippen LogP contribution in [0.15, 0.2) is 34.2 Å². The number of benzene rings is 1. The van der Waals surface area contributed by atoms with E-state index in [0.717, 1.165) is 25.7 Å². The van der Waals surface area contributed by atoms with Crippen LogP contribution in [0, 0.1) is 0 Å². The van der Waals surface area contributed by atoms with E-state index in [-0.39, 0.29) is 22.8 Å². The second-order valence-electron chi connectivity index (χ2n) is 6.87. The Labute approximate surface area is 152 Å². The molecule has 1 aromatic heterocycles. The summed E-state index contributed by atoms with van der Waals surface area (Å²) >= 11 is 1.39. The summed E-state index contributed by atoms with van der Waals surface area (Å²) < 4.78 is 1.85. The zero-order valence-electron chi connectivity index (χ0n) is 15.1. The van der Waals surface area contributed by atoms with Gasteiger partial charge in [-0.25, -0.2) is 4.98 Å². The van der Waals surface area contributed by atoms with E-state index in [0.29, 0.717) is 16.1 Å². The Morgan fingerprint density at radius 2 is 1.92 bits per heavy atom. The summed E-state index contributed by atoms with van der Waals surface area (Å²) in [4.78, 5) is 31.8. The minimum atomic E-state index is -0.280. The number of aromatic nitrogens is 2. The Morgan fingerprint density at radius 3 is 2.60 bits per heavy atom. The number of hydrogen-bond donors (Lipinski definition) is 0. The normalized spacial score (nSPS) is 16.8. The van der Waals surface area contributed by atoms with Gasteiger partial charge in [0.25, 0.3) is 5.56 Å². The van der Waals surface area contributed by atoms with Gasteiger partial charge >= 0.3 is 0 Å². The third kappa shape index (κ3) is 3.73. The van der Waals surface area contributed by atoms with Gasteiger partial charge in [0.1, 0.15) is 0 Å². The second kappa shape index (κ2) is 7.60. The molecule has 1 fully saturated rings. The van der Waals surface area contributed by atoms with Gasteiger partial charge in [0.15, 0.2) is 5.16 Å². The summed E-state index contributed by atoms with van der Waals surface area (Å²) in [7, 11) is 3.50. The molecule has 6 heteroatoms. The second-order valence-corrected chi connectivity index (χ2v) is 8.18. The van der Waals surface area contributed by atoms with Crippen molar-refractivity contribution in [3.63, 3.8) is 0 Å². The Hall–Kier alpha value is -1.82. The molecule has 1 aromatic carbocycles.